The molecule has 2 aliphatic rings. The van der Waals surface area contributed by atoms with Crippen molar-refractivity contribution in [2.45, 2.75) is 31.1 Å². The highest BCUT2D eigenvalue weighted by atomic mass is 35.5. The van der Waals surface area contributed by atoms with E-state index >= 15 is 0 Å². The third-order valence-electron chi connectivity index (χ3n) is 5.46. The molecule has 3 heterocycles. The van der Waals surface area contributed by atoms with E-state index in [4.69, 9.17) is 11.6 Å². The van der Waals surface area contributed by atoms with E-state index < -0.39 is 21.4 Å². The van der Waals surface area contributed by atoms with E-state index in [1.807, 2.05) is 0 Å². The van der Waals surface area contributed by atoms with Crippen LogP contribution in [0.4, 0.5) is 0 Å². The highest BCUT2D eigenvalue weighted by Gasteiger charge is 2.57. The minimum absolute atomic E-state index is 0.00621. The third-order valence-corrected chi connectivity index (χ3v) is 7.66. The van der Waals surface area contributed by atoms with Crippen LogP contribution in [-0.2, 0) is 14.8 Å². The van der Waals surface area contributed by atoms with Crippen LogP contribution in [0.5, 0.6) is 0 Å². The Bertz CT molecular complexity index is 989. The third kappa shape index (κ3) is 2.29. The van der Waals surface area contributed by atoms with Gasteiger partial charge in [-0.05, 0) is 25.7 Å². The van der Waals surface area contributed by atoms with Gasteiger partial charge in [0.15, 0.2) is 5.65 Å². The monoisotopic (exact) mass is 384 g/mol. The van der Waals surface area contributed by atoms with Crippen LogP contribution in [-0.4, -0.2) is 51.5 Å². The molecule has 1 saturated heterocycles. The number of aromatic nitrogens is 3. The van der Waals surface area contributed by atoms with Gasteiger partial charge >= 0.3 is 5.97 Å². The van der Waals surface area contributed by atoms with Gasteiger partial charge in [0, 0.05) is 13.1 Å². The smallest absolute Gasteiger partial charge is 0.311 e. The molecule has 0 radical (unpaired) electrons. The van der Waals surface area contributed by atoms with Gasteiger partial charge in [0.05, 0.1) is 23.5 Å². The molecule has 2 aromatic heterocycles. The maximum absolute atomic E-state index is 13.0. The maximum atomic E-state index is 13.0. The van der Waals surface area contributed by atoms with Crippen LogP contribution >= 0.6 is 11.6 Å². The van der Waals surface area contributed by atoms with Crippen molar-refractivity contribution < 1.29 is 18.3 Å². The molecular formula is C15H17ClN4O4S. The molecule has 0 bridgehead atoms. The first-order chi connectivity index (χ1) is 11.8. The number of hydrogen-bond acceptors (Lipinski definition) is 5. The Labute approximate surface area is 149 Å². The number of nitrogens with zero attached hydrogens (tertiary/aromatic N) is 4. The van der Waals surface area contributed by atoms with E-state index in [0.29, 0.717) is 22.8 Å². The number of carbonyl (C=O) groups is 1. The summed E-state index contributed by atoms with van der Waals surface area (Å²) in [5.74, 6) is -1.05. The van der Waals surface area contributed by atoms with Gasteiger partial charge in [0.2, 0.25) is 10.0 Å². The van der Waals surface area contributed by atoms with Crippen molar-refractivity contribution in [2.24, 2.45) is 11.3 Å². The first-order valence-electron chi connectivity index (χ1n) is 8.00. The summed E-state index contributed by atoms with van der Waals surface area (Å²) in [6.45, 7) is 1.95. The number of aliphatic carboxylic acids is 1. The van der Waals surface area contributed by atoms with E-state index in [9.17, 15) is 18.3 Å². The Balaban J connectivity index is 1.72. The Morgan fingerprint density at radius 1 is 1.48 bits per heavy atom. The molecule has 1 aliphatic carbocycles. The number of carboxylic acid groups (broad SMARTS) is 1. The number of aryl methyl sites for hydroxylation is 1. The van der Waals surface area contributed by atoms with Gasteiger partial charge < -0.3 is 5.11 Å². The summed E-state index contributed by atoms with van der Waals surface area (Å²) < 4.78 is 28.6. The van der Waals surface area contributed by atoms with Crippen molar-refractivity contribution in [3.8, 4) is 0 Å². The van der Waals surface area contributed by atoms with Crippen molar-refractivity contribution in [1.29, 1.82) is 0 Å². The summed E-state index contributed by atoms with van der Waals surface area (Å²) >= 11 is 6.08. The van der Waals surface area contributed by atoms with Crippen LogP contribution in [0, 0.1) is 18.3 Å². The number of hydrogen-bond donors (Lipinski definition) is 1. The van der Waals surface area contributed by atoms with Gasteiger partial charge in [0.1, 0.15) is 9.92 Å². The molecule has 1 saturated carbocycles. The summed E-state index contributed by atoms with van der Waals surface area (Å²) in [5.41, 5.74) is -0.0152. The van der Waals surface area contributed by atoms with Crippen molar-refractivity contribution in [3.05, 3.63) is 23.1 Å². The molecule has 2 atom stereocenters. The lowest BCUT2D eigenvalue weighted by Gasteiger charge is -2.23. The molecule has 2 aromatic rings. The molecule has 1 aliphatic heterocycles. The predicted octanol–water partition coefficient (Wildman–Crippen LogP) is 1.57. The average Bonchev–Trinajstić information content (AvgIpc) is 3.19. The van der Waals surface area contributed by atoms with Gasteiger partial charge in [-0.15, -0.1) is 0 Å². The van der Waals surface area contributed by atoms with Crippen molar-refractivity contribution >= 4 is 33.2 Å². The fraction of sp³-hybridized carbons (Fsp3) is 0.533. The van der Waals surface area contributed by atoms with Crippen molar-refractivity contribution in [3.63, 3.8) is 0 Å². The van der Waals surface area contributed by atoms with Crippen LogP contribution in [0.2, 0.25) is 5.02 Å². The Hall–Kier alpha value is -1.71. The van der Waals surface area contributed by atoms with E-state index in [0.717, 1.165) is 12.8 Å². The lowest BCUT2D eigenvalue weighted by molar-refractivity contribution is -0.149. The molecule has 0 spiro atoms. The molecule has 25 heavy (non-hydrogen) atoms. The van der Waals surface area contributed by atoms with Crippen molar-refractivity contribution in [1.82, 2.24) is 18.9 Å². The quantitative estimate of drug-likeness (QED) is 0.861. The molecule has 8 nitrogen and oxygen atoms in total. The first kappa shape index (κ1) is 16.7. The fourth-order valence-electron chi connectivity index (χ4n) is 4.06. The molecule has 0 amide bonds. The molecule has 2 fully saturated rings. The predicted molar refractivity (Wildman–Crippen MR) is 88.9 cm³/mol. The maximum Gasteiger partial charge on any atom is 0.311 e. The van der Waals surface area contributed by atoms with Crippen molar-refractivity contribution in [2.75, 3.05) is 13.1 Å². The van der Waals surface area contributed by atoms with Gasteiger partial charge in [-0.3, -0.25) is 4.79 Å². The topological polar surface area (TPSA) is 105 Å². The second-order valence-electron chi connectivity index (χ2n) is 6.81. The first-order valence-corrected chi connectivity index (χ1v) is 9.81. The van der Waals surface area contributed by atoms with Gasteiger partial charge in [0.25, 0.3) is 0 Å². The second kappa shape index (κ2) is 5.39. The highest BCUT2D eigenvalue weighted by Crippen LogP contribution is 2.50. The zero-order chi connectivity index (χ0) is 18.0. The normalized spacial score (nSPS) is 27.0. The summed E-state index contributed by atoms with van der Waals surface area (Å²) in [4.78, 5) is 15.9. The van der Waals surface area contributed by atoms with Crippen LogP contribution in [0.3, 0.4) is 0 Å². The molecule has 4 rings (SSSR count). The molecule has 134 valence electrons. The van der Waals surface area contributed by atoms with Gasteiger partial charge in [-0.2, -0.15) is 9.40 Å². The summed E-state index contributed by atoms with van der Waals surface area (Å²) in [6, 6.07) is 0. The lowest BCUT2D eigenvalue weighted by Crippen LogP contribution is -2.37. The minimum Gasteiger partial charge on any atom is -0.481 e. The largest absolute Gasteiger partial charge is 0.481 e. The lowest BCUT2D eigenvalue weighted by atomic mass is 9.81. The summed E-state index contributed by atoms with van der Waals surface area (Å²) in [5, 5.41) is 14.2. The average molecular weight is 385 g/mol. The number of fused-ring (bicyclic) bond motifs is 2. The molecule has 10 heteroatoms. The van der Waals surface area contributed by atoms with Crippen LogP contribution in [0.15, 0.2) is 17.3 Å². The minimum atomic E-state index is -3.84. The standard InChI is InChI=1S/C15H17ClN4O4S/c1-9-12(16)13-17-5-11(7-20(13)18-9)25(23,24)19-6-10-3-2-4-15(10,8-19)14(21)22/h5,7,10H,2-4,6,8H2,1H3,(H,21,22)/t10-,15+/m0/s1. The molecule has 0 unspecified atom stereocenters. The number of rotatable bonds is 3. The van der Waals surface area contributed by atoms with E-state index in [1.54, 1.807) is 6.92 Å². The van der Waals surface area contributed by atoms with Gasteiger partial charge in [-0.1, -0.05) is 18.0 Å². The van der Waals surface area contributed by atoms with Crippen LogP contribution < -0.4 is 0 Å². The van der Waals surface area contributed by atoms with E-state index in [2.05, 4.69) is 10.1 Å². The van der Waals surface area contributed by atoms with Crippen LogP contribution in [0.1, 0.15) is 25.0 Å². The highest BCUT2D eigenvalue weighted by molar-refractivity contribution is 7.89. The van der Waals surface area contributed by atoms with Gasteiger partial charge in [-0.25, -0.2) is 17.9 Å². The molecule has 1 N–H and O–H groups in total. The zero-order valence-electron chi connectivity index (χ0n) is 13.5. The summed E-state index contributed by atoms with van der Waals surface area (Å²) in [7, 11) is -3.84. The number of sulfonamides is 1. The summed E-state index contributed by atoms with van der Waals surface area (Å²) in [6.07, 6.45) is 4.70. The fourth-order valence-corrected chi connectivity index (χ4v) is 5.72. The van der Waals surface area contributed by atoms with Crippen LogP contribution in [0.25, 0.3) is 5.65 Å². The Kier molecular flexibility index (Phi) is 3.61. The molecular weight excluding hydrogens is 368 g/mol. The SMILES string of the molecule is Cc1nn2cc(S(=O)(=O)N3C[C@@H]4CCC[C@@]4(C(=O)O)C3)cnc2c1Cl. The second-order valence-corrected chi connectivity index (χ2v) is 9.12. The Morgan fingerprint density at radius 2 is 2.24 bits per heavy atom. The van der Waals surface area contributed by atoms with E-state index in [1.165, 1.54) is 21.2 Å². The number of carboxylic acids is 1. The molecule has 0 aromatic carbocycles. The van der Waals surface area contributed by atoms with E-state index in [-0.39, 0.29) is 23.9 Å². The zero-order valence-corrected chi connectivity index (χ0v) is 15.1. The Morgan fingerprint density at radius 3 is 2.92 bits per heavy atom. The number of halogens is 1.